The minimum atomic E-state index is -0.837. The zero-order chi connectivity index (χ0) is 19.4. The average Bonchev–Trinajstić information content (AvgIpc) is 3.14. The summed E-state index contributed by atoms with van der Waals surface area (Å²) in [4.78, 5) is 25.0. The van der Waals surface area contributed by atoms with Crippen molar-refractivity contribution in [1.82, 2.24) is 0 Å². The second-order valence-electron chi connectivity index (χ2n) is 6.52. The molecule has 0 unspecified atom stereocenters. The van der Waals surface area contributed by atoms with Gasteiger partial charge in [-0.15, -0.1) is 0 Å². The summed E-state index contributed by atoms with van der Waals surface area (Å²) in [6.45, 7) is -0.455. The molecule has 0 aliphatic heterocycles. The van der Waals surface area contributed by atoms with Crippen molar-refractivity contribution in [3.05, 3.63) is 63.9 Å². The van der Waals surface area contributed by atoms with Gasteiger partial charge in [-0.25, -0.2) is 4.39 Å². The van der Waals surface area contributed by atoms with Crippen LogP contribution in [0.15, 0.2) is 42.5 Å². The third-order valence-corrected chi connectivity index (χ3v) is 5.44. The van der Waals surface area contributed by atoms with E-state index in [0.717, 1.165) is 12.8 Å². The number of carbonyl (C=O) groups is 2. The zero-order valence-electron chi connectivity index (χ0n) is 14.4. The quantitative estimate of drug-likeness (QED) is 0.696. The Morgan fingerprint density at radius 3 is 2.22 bits per heavy atom. The van der Waals surface area contributed by atoms with Crippen LogP contribution in [0.5, 0.6) is 0 Å². The largest absolute Gasteiger partial charge is 0.455 e. The molecule has 1 amide bonds. The van der Waals surface area contributed by atoms with E-state index < -0.39 is 23.9 Å². The van der Waals surface area contributed by atoms with Crippen molar-refractivity contribution < 1.29 is 18.7 Å². The van der Waals surface area contributed by atoms with E-state index >= 15 is 0 Å². The summed E-state index contributed by atoms with van der Waals surface area (Å²) in [6, 6.07) is 10.7. The minimum absolute atomic E-state index is 0.274. The molecule has 1 fully saturated rings. The number of amides is 1. The molecule has 0 radical (unpaired) electrons. The SMILES string of the molecule is O=C(COC(=O)C1(c2ccc(F)cc2)CCCC1)Nc1c(Cl)cccc1Cl. The Morgan fingerprint density at radius 1 is 1.04 bits per heavy atom. The zero-order valence-corrected chi connectivity index (χ0v) is 15.9. The number of anilines is 1. The van der Waals surface area contributed by atoms with Gasteiger partial charge in [0.25, 0.3) is 5.91 Å². The van der Waals surface area contributed by atoms with Crippen LogP contribution in [0, 0.1) is 5.82 Å². The van der Waals surface area contributed by atoms with Gasteiger partial charge >= 0.3 is 5.97 Å². The summed E-state index contributed by atoms with van der Waals surface area (Å²) in [7, 11) is 0. The van der Waals surface area contributed by atoms with Crippen molar-refractivity contribution in [1.29, 1.82) is 0 Å². The maximum absolute atomic E-state index is 13.2. The molecule has 27 heavy (non-hydrogen) atoms. The topological polar surface area (TPSA) is 55.4 Å². The molecule has 0 heterocycles. The number of rotatable bonds is 5. The lowest BCUT2D eigenvalue weighted by molar-refractivity contribution is -0.153. The Labute approximate surface area is 166 Å². The molecule has 1 aliphatic carbocycles. The van der Waals surface area contributed by atoms with Crippen molar-refractivity contribution in [2.75, 3.05) is 11.9 Å². The first-order chi connectivity index (χ1) is 12.9. The molecule has 0 spiro atoms. The van der Waals surface area contributed by atoms with Crippen molar-refractivity contribution >= 4 is 40.8 Å². The van der Waals surface area contributed by atoms with Crippen LogP contribution < -0.4 is 5.32 Å². The fourth-order valence-electron chi connectivity index (χ4n) is 3.42. The first kappa shape index (κ1) is 19.6. The highest BCUT2D eigenvalue weighted by molar-refractivity contribution is 6.39. The first-order valence-corrected chi connectivity index (χ1v) is 9.35. The van der Waals surface area contributed by atoms with Gasteiger partial charge in [-0.1, -0.05) is 54.2 Å². The van der Waals surface area contributed by atoms with Crippen LogP contribution in [0.4, 0.5) is 10.1 Å². The smallest absolute Gasteiger partial charge is 0.317 e. The lowest BCUT2D eigenvalue weighted by atomic mass is 9.79. The Balaban J connectivity index is 1.68. The standard InChI is InChI=1S/C20H18Cl2FNO3/c21-15-4-3-5-16(22)18(15)24-17(25)12-27-19(26)20(10-1-2-11-20)13-6-8-14(23)9-7-13/h3-9H,1-2,10-12H2,(H,24,25). The van der Waals surface area contributed by atoms with Gasteiger partial charge in [0.1, 0.15) is 5.82 Å². The summed E-state index contributed by atoms with van der Waals surface area (Å²) in [5.74, 6) is -1.38. The Kier molecular flexibility index (Phi) is 6.02. The maximum atomic E-state index is 13.2. The molecule has 7 heteroatoms. The lowest BCUT2D eigenvalue weighted by Gasteiger charge is -2.27. The third kappa shape index (κ3) is 4.25. The van der Waals surface area contributed by atoms with Gasteiger partial charge in [0, 0.05) is 0 Å². The predicted molar refractivity (Wildman–Crippen MR) is 103 cm³/mol. The van der Waals surface area contributed by atoms with Gasteiger partial charge in [-0.05, 0) is 42.7 Å². The van der Waals surface area contributed by atoms with Gasteiger partial charge in [0.2, 0.25) is 0 Å². The highest BCUT2D eigenvalue weighted by Crippen LogP contribution is 2.42. The Bertz CT molecular complexity index is 829. The Hall–Kier alpha value is -2.11. The molecule has 2 aromatic carbocycles. The summed E-state index contributed by atoms with van der Waals surface area (Å²) in [5, 5.41) is 3.14. The summed E-state index contributed by atoms with van der Waals surface area (Å²) in [6.07, 6.45) is 2.95. The number of nitrogens with one attached hydrogen (secondary N) is 1. The highest BCUT2D eigenvalue weighted by atomic mass is 35.5. The maximum Gasteiger partial charge on any atom is 0.317 e. The van der Waals surface area contributed by atoms with Crippen LogP contribution in [0.1, 0.15) is 31.2 Å². The second-order valence-corrected chi connectivity index (χ2v) is 7.33. The fraction of sp³-hybridized carbons (Fsp3) is 0.300. The Morgan fingerprint density at radius 2 is 1.63 bits per heavy atom. The van der Waals surface area contributed by atoms with Gasteiger partial charge in [-0.3, -0.25) is 9.59 Å². The monoisotopic (exact) mass is 409 g/mol. The first-order valence-electron chi connectivity index (χ1n) is 8.59. The summed E-state index contributed by atoms with van der Waals surface area (Å²) < 4.78 is 18.5. The van der Waals surface area contributed by atoms with E-state index in [1.807, 2.05) is 0 Å². The fourth-order valence-corrected chi connectivity index (χ4v) is 3.91. The van der Waals surface area contributed by atoms with E-state index in [2.05, 4.69) is 5.32 Å². The van der Waals surface area contributed by atoms with Gasteiger partial charge in [-0.2, -0.15) is 0 Å². The van der Waals surface area contributed by atoms with Crippen LogP contribution >= 0.6 is 23.2 Å². The number of hydrogen-bond acceptors (Lipinski definition) is 3. The van der Waals surface area contributed by atoms with Gasteiger partial charge in [0.05, 0.1) is 21.1 Å². The van der Waals surface area contributed by atoms with E-state index in [9.17, 15) is 14.0 Å². The van der Waals surface area contributed by atoms with Crippen LogP contribution in [-0.2, 0) is 19.7 Å². The number of para-hydroxylation sites is 1. The van der Waals surface area contributed by atoms with Crippen LogP contribution in [0.3, 0.4) is 0 Å². The molecule has 142 valence electrons. The van der Waals surface area contributed by atoms with E-state index in [1.165, 1.54) is 12.1 Å². The van der Waals surface area contributed by atoms with Crippen LogP contribution in [0.2, 0.25) is 10.0 Å². The molecule has 0 aromatic heterocycles. The molecular formula is C20H18Cl2FNO3. The molecule has 4 nitrogen and oxygen atoms in total. The normalized spacial score (nSPS) is 15.4. The summed E-state index contributed by atoms with van der Waals surface area (Å²) in [5.41, 5.74) is 0.146. The van der Waals surface area contributed by atoms with Crippen molar-refractivity contribution in [2.45, 2.75) is 31.1 Å². The minimum Gasteiger partial charge on any atom is -0.455 e. The molecule has 2 aromatic rings. The number of hydrogen-bond donors (Lipinski definition) is 1. The predicted octanol–water partition coefficient (Wildman–Crippen LogP) is 5.13. The number of ether oxygens (including phenoxy) is 1. The molecule has 0 atom stereocenters. The number of halogens is 3. The molecule has 1 N–H and O–H groups in total. The molecule has 0 bridgehead atoms. The number of benzene rings is 2. The van der Waals surface area contributed by atoms with Gasteiger partial charge in [0.15, 0.2) is 6.61 Å². The molecule has 3 rings (SSSR count). The third-order valence-electron chi connectivity index (χ3n) is 4.81. The van der Waals surface area contributed by atoms with Crippen molar-refractivity contribution in [3.63, 3.8) is 0 Å². The second kappa shape index (κ2) is 8.28. The highest BCUT2D eigenvalue weighted by Gasteiger charge is 2.44. The van der Waals surface area contributed by atoms with E-state index in [0.29, 0.717) is 28.5 Å². The van der Waals surface area contributed by atoms with E-state index in [-0.39, 0.29) is 11.5 Å². The number of esters is 1. The van der Waals surface area contributed by atoms with Crippen molar-refractivity contribution in [3.8, 4) is 0 Å². The van der Waals surface area contributed by atoms with Gasteiger partial charge < -0.3 is 10.1 Å². The van der Waals surface area contributed by atoms with Crippen LogP contribution in [-0.4, -0.2) is 18.5 Å². The molecule has 1 saturated carbocycles. The van der Waals surface area contributed by atoms with Crippen LogP contribution in [0.25, 0.3) is 0 Å². The summed E-state index contributed by atoms with van der Waals surface area (Å²) >= 11 is 12.0. The number of carbonyl (C=O) groups excluding carboxylic acids is 2. The molecule has 1 aliphatic rings. The van der Waals surface area contributed by atoms with Crippen molar-refractivity contribution in [2.24, 2.45) is 0 Å². The molecule has 0 saturated heterocycles. The van der Waals surface area contributed by atoms with E-state index in [1.54, 1.807) is 30.3 Å². The molecular weight excluding hydrogens is 392 g/mol. The van der Waals surface area contributed by atoms with E-state index in [4.69, 9.17) is 27.9 Å². The lowest BCUT2D eigenvalue weighted by Crippen LogP contribution is -2.36. The average molecular weight is 410 g/mol.